The van der Waals surface area contributed by atoms with E-state index in [4.69, 9.17) is 4.74 Å². The minimum Gasteiger partial charge on any atom is -0.402 e. The average molecular weight is 393 g/mol. The Balaban J connectivity index is 1.60. The van der Waals surface area contributed by atoms with Crippen LogP contribution in [-0.2, 0) is 15.7 Å². The standard InChI is InChI=1S/C23H14F3NO2/c24-23(25,26)19-8-4-5-15(13-19)14-20-22(28)29-21(27-20)18-11-9-17(10-12-18)16-6-2-1-3-7-16/h1-14H. The van der Waals surface area contributed by atoms with Crippen molar-refractivity contribution in [2.45, 2.75) is 6.18 Å². The van der Waals surface area contributed by atoms with Gasteiger partial charge in [0.2, 0.25) is 5.90 Å². The second kappa shape index (κ2) is 7.39. The lowest BCUT2D eigenvalue weighted by atomic mass is 10.0. The maximum atomic E-state index is 12.9. The summed E-state index contributed by atoms with van der Waals surface area (Å²) in [4.78, 5) is 16.3. The molecule has 4 rings (SSSR count). The monoisotopic (exact) mass is 393 g/mol. The van der Waals surface area contributed by atoms with E-state index >= 15 is 0 Å². The van der Waals surface area contributed by atoms with Crippen molar-refractivity contribution in [3.05, 3.63) is 101 Å². The van der Waals surface area contributed by atoms with Gasteiger partial charge in [-0.05, 0) is 47.0 Å². The molecule has 0 aliphatic carbocycles. The third kappa shape index (κ3) is 4.11. The second-order valence-electron chi connectivity index (χ2n) is 6.40. The summed E-state index contributed by atoms with van der Waals surface area (Å²) in [5.74, 6) is -0.586. The molecule has 29 heavy (non-hydrogen) atoms. The van der Waals surface area contributed by atoms with E-state index in [1.165, 1.54) is 18.2 Å². The zero-order valence-electron chi connectivity index (χ0n) is 15.0. The Morgan fingerprint density at radius 2 is 1.45 bits per heavy atom. The van der Waals surface area contributed by atoms with E-state index in [9.17, 15) is 18.0 Å². The van der Waals surface area contributed by atoms with Gasteiger partial charge in [-0.1, -0.05) is 54.6 Å². The van der Waals surface area contributed by atoms with Crippen LogP contribution in [0, 0.1) is 0 Å². The van der Waals surface area contributed by atoms with Crippen LogP contribution in [0.4, 0.5) is 13.2 Å². The van der Waals surface area contributed by atoms with Crippen molar-refractivity contribution >= 4 is 17.9 Å². The highest BCUT2D eigenvalue weighted by molar-refractivity contribution is 6.13. The van der Waals surface area contributed by atoms with Gasteiger partial charge in [0, 0.05) is 5.56 Å². The number of cyclic esters (lactones) is 1. The molecule has 1 aliphatic heterocycles. The molecule has 0 bridgehead atoms. The molecule has 1 aliphatic rings. The molecule has 6 heteroatoms. The van der Waals surface area contributed by atoms with Crippen LogP contribution in [0.2, 0.25) is 0 Å². The van der Waals surface area contributed by atoms with Crippen LogP contribution in [0.25, 0.3) is 17.2 Å². The van der Waals surface area contributed by atoms with Crippen LogP contribution in [-0.4, -0.2) is 11.9 Å². The third-order valence-electron chi connectivity index (χ3n) is 4.38. The van der Waals surface area contributed by atoms with Crippen molar-refractivity contribution in [1.82, 2.24) is 0 Å². The maximum Gasteiger partial charge on any atom is 0.416 e. The fourth-order valence-electron chi connectivity index (χ4n) is 2.93. The number of hydrogen-bond donors (Lipinski definition) is 0. The quantitative estimate of drug-likeness (QED) is 0.422. The first-order chi connectivity index (χ1) is 13.9. The van der Waals surface area contributed by atoms with Crippen LogP contribution in [0.1, 0.15) is 16.7 Å². The molecule has 0 amide bonds. The summed E-state index contributed by atoms with van der Waals surface area (Å²) in [6, 6.07) is 21.8. The molecule has 0 atom stereocenters. The smallest absolute Gasteiger partial charge is 0.402 e. The Hall–Kier alpha value is -3.67. The Labute approximate surface area is 164 Å². The molecule has 3 nitrogen and oxygen atoms in total. The summed E-state index contributed by atoms with van der Waals surface area (Å²) < 4.78 is 43.8. The first-order valence-corrected chi connectivity index (χ1v) is 8.76. The summed E-state index contributed by atoms with van der Waals surface area (Å²) in [5, 5.41) is 0. The lowest BCUT2D eigenvalue weighted by molar-refractivity contribution is -0.137. The molecule has 3 aromatic carbocycles. The van der Waals surface area contributed by atoms with E-state index in [0.29, 0.717) is 5.56 Å². The van der Waals surface area contributed by atoms with Crippen LogP contribution >= 0.6 is 0 Å². The van der Waals surface area contributed by atoms with Gasteiger partial charge in [-0.2, -0.15) is 13.2 Å². The lowest BCUT2D eigenvalue weighted by Crippen LogP contribution is -2.05. The van der Waals surface area contributed by atoms with Gasteiger partial charge in [0.15, 0.2) is 5.70 Å². The second-order valence-corrected chi connectivity index (χ2v) is 6.40. The third-order valence-corrected chi connectivity index (χ3v) is 4.38. The molecular weight excluding hydrogens is 379 g/mol. The number of carbonyl (C=O) groups is 1. The van der Waals surface area contributed by atoms with E-state index in [0.717, 1.165) is 23.3 Å². The number of esters is 1. The van der Waals surface area contributed by atoms with Gasteiger partial charge in [-0.25, -0.2) is 9.79 Å². The molecule has 0 saturated heterocycles. The fourth-order valence-corrected chi connectivity index (χ4v) is 2.93. The van der Waals surface area contributed by atoms with E-state index in [2.05, 4.69) is 4.99 Å². The number of halogens is 3. The average Bonchev–Trinajstić information content (AvgIpc) is 3.09. The van der Waals surface area contributed by atoms with Crippen LogP contribution in [0.5, 0.6) is 0 Å². The number of carbonyl (C=O) groups excluding carboxylic acids is 1. The molecule has 0 N–H and O–H groups in total. The van der Waals surface area contributed by atoms with Gasteiger partial charge in [-0.15, -0.1) is 0 Å². The SMILES string of the molecule is O=C1OC(c2ccc(-c3ccccc3)cc2)=NC1=Cc1cccc(C(F)(F)F)c1. The number of ether oxygens (including phenoxy) is 1. The lowest BCUT2D eigenvalue weighted by Gasteiger charge is -2.06. The highest BCUT2D eigenvalue weighted by atomic mass is 19.4. The van der Waals surface area contributed by atoms with Gasteiger partial charge in [0.05, 0.1) is 5.56 Å². The first-order valence-electron chi connectivity index (χ1n) is 8.76. The predicted molar refractivity (Wildman–Crippen MR) is 104 cm³/mol. The van der Waals surface area contributed by atoms with Gasteiger partial charge in [0.1, 0.15) is 0 Å². The van der Waals surface area contributed by atoms with Crippen molar-refractivity contribution in [3.8, 4) is 11.1 Å². The largest absolute Gasteiger partial charge is 0.416 e. The minimum atomic E-state index is -4.46. The number of alkyl halides is 3. The molecule has 144 valence electrons. The Morgan fingerprint density at radius 3 is 2.14 bits per heavy atom. The number of aliphatic imine (C=N–C) groups is 1. The van der Waals surface area contributed by atoms with E-state index in [1.807, 2.05) is 42.5 Å². The highest BCUT2D eigenvalue weighted by Gasteiger charge is 2.30. The van der Waals surface area contributed by atoms with Crippen molar-refractivity contribution in [2.75, 3.05) is 0 Å². The molecule has 0 aromatic heterocycles. The molecule has 0 fully saturated rings. The fraction of sp³-hybridized carbons (Fsp3) is 0.0435. The maximum absolute atomic E-state index is 12.9. The Bertz CT molecular complexity index is 1110. The Kier molecular flexibility index (Phi) is 4.76. The normalized spacial score (nSPS) is 15.3. The van der Waals surface area contributed by atoms with E-state index in [-0.39, 0.29) is 17.2 Å². The molecule has 3 aromatic rings. The molecule has 0 spiro atoms. The van der Waals surface area contributed by atoms with Gasteiger partial charge < -0.3 is 4.74 Å². The van der Waals surface area contributed by atoms with Gasteiger partial charge in [0.25, 0.3) is 0 Å². The summed E-state index contributed by atoms with van der Waals surface area (Å²) in [6.45, 7) is 0. The molecule has 0 unspecified atom stereocenters. The zero-order valence-corrected chi connectivity index (χ0v) is 15.0. The number of hydrogen-bond acceptors (Lipinski definition) is 3. The minimum absolute atomic E-state index is 0.0496. The zero-order chi connectivity index (χ0) is 20.4. The highest BCUT2D eigenvalue weighted by Crippen LogP contribution is 2.30. The molecule has 1 heterocycles. The van der Waals surface area contributed by atoms with Crippen LogP contribution < -0.4 is 0 Å². The van der Waals surface area contributed by atoms with Crippen molar-refractivity contribution in [1.29, 1.82) is 0 Å². The van der Waals surface area contributed by atoms with Gasteiger partial charge >= 0.3 is 12.1 Å². The summed E-state index contributed by atoms with van der Waals surface area (Å²) in [6.07, 6.45) is -3.18. The van der Waals surface area contributed by atoms with Gasteiger partial charge in [-0.3, -0.25) is 0 Å². The van der Waals surface area contributed by atoms with Crippen LogP contribution in [0.15, 0.2) is 89.6 Å². The molecule has 0 saturated carbocycles. The number of nitrogens with zero attached hydrogens (tertiary/aromatic N) is 1. The topological polar surface area (TPSA) is 38.7 Å². The van der Waals surface area contributed by atoms with Crippen LogP contribution in [0.3, 0.4) is 0 Å². The number of benzene rings is 3. The predicted octanol–water partition coefficient (Wildman–Crippen LogP) is 5.72. The van der Waals surface area contributed by atoms with Crippen molar-refractivity contribution in [3.63, 3.8) is 0 Å². The van der Waals surface area contributed by atoms with Crippen molar-refractivity contribution in [2.24, 2.45) is 4.99 Å². The van der Waals surface area contributed by atoms with Crippen molar-refractivity contribution < 1.29 is 22.7 Å². The summed E-state index contributed by atoms with van der Waals surface area (Å²) >= 11 is 0. The molecule has 0 radical (unpaired) electrons. The molecular formula is C23H14F3NO2. The van der Waals surface area contributed by atoms with E-state index < -0.39 is 17.7 Å². The Morgan fingerprint density at radius 1 is 0.793 bits per heavy atom. The summed E-state index contributed by atoms with van der Waals surface area (Å²) in [7, 11) is 0. The first kappa shape index (κ1) is 18.7. The van der Waals surface area contributed by atoms with E-state index in [1.54, 1.807) is 12.1 Å². The summed E-state index contributed by atoms with van der Waals surface area (Å²) in [5.41, 5.74) is 2.03. The number of rotatable bonds is 3.